The van der Waals surface area contributed by atoms with Gasteiger partial charge in [0.1, 0.15) is 12.3 Å². The number of aldehydes is 1. The second kappa shape index (κ2) is 6.88. The fourth-order valence-corrected chi connectivity index (χ4v) is 1.96. The van der Waals surface area contributed by atoms with Crippen LogP contribution in [-0.2, 0) is 13.2 Å². The van der Waals surface area contributed by atoms with Crippen LogP contribution in [0.1, 0.15) is 30.0 Å². The molecule has 0 unspecified atom stereocenters. The van der Waals surface area contributed by atoms with Gasteiger partial charge in [0.05, 0.1) is 7.11 Å². The Labute approximate surface area is 123 Å². The number of ether oxygens (including phenoxy) is 2. The molecular weight excluding hydrogens is 270 g/mol. The first-order chi connectivity index (χ1) is 10.2. The summed E-state index contributed by atoms with van der Waals surface area (Å²) >= 11 is 0. The fourth-order valence-electron chi connectivity index (χ4n) is 1.96. The molecular formula is C15H19N3O3. The zero-order chi connectivity index (χ0) is 15.2. The van der Waals surface area contributed by atoms with Crippen molar-refractivity contribution < 1.29 is 14.3 Å². The number of methoxy groups -OCH3 is 1. The molecule has 0 radical (unpaired) electrons. The Hall–Kier alpha value is -2.37. The Morgan fingerprint density at radius 2 is 2.00 bits per heavy atom. The molecule has 2 aromatic rings. The van der Waals surface area contributed by atoms with E-state index in [1.807, 2.05) is 24.3 Å². The van der Waals surface area contributed by atoms with Crippen LogP contribution in [0.4, 0.5) is 0 Å². The average Bonchev–Trinajstić information content (AvgIpc) is 2.86. The lowest BCUT2D eigenvalue weighted by atomic mass is 10.2. The first kappa shape index (κ1) is 15.0. The summed E-state index contributed by atoms with van der Waals surface area (Å²) in [7, 11) is 1.59. The first-order valence-electron chi connectivity index (χ1n) is 6.79. The molecule has 21 heavy (non-hydrogen) atoms. The Morgan fingerprint density at radius 1 is 1.29 bits per heavy atom. The van der Waals surface area contributed by atoms with Gasteiger partial charge in [-0.2, -0.15) is 0 Å². The minimum atomic E-state index is 0.216. The zero-order valence-electron chi connectivity index (χ0n) is 12.4. The van der Waals surface area contributed by atoms with Gasteiger partial charge in [-0.15, -0.1) is 5.10 Å². The monoisotopic (exact) mass is 289 g/mol. The fraction of sp³-hybridized carbons (Fsp3) is 0.400. The van der Waals surface area contributed by atoms with Crippen LogP contribution in [0.2, 0.25) is 0 Å². The third-order valence-corrected chi connectivity index (χ3v) is 2.95. The van der Waals surface area contributed by atoms with Gasteiger partial charge in [-0.1, -0.05) is 31.2 Å². The molecule has 6 heteroatoms. The Kier molecular flexibility index (Phi) is 4.92. The van der Waals surface area contributed by atoms with Crippen molar-refractivity contribution in [2.75, 3.05) is 7.11 Å². The summed E-state index contributed by atoms with van der Waals surface area (Å²) in [5.41, 5.74) is 0.982. The van der Waals surface area contributed by atoms with Gasteiger partial charge in [0.15, 0.2) is 23.5 Å². The lowest BCUT2D eigenvalue weighted by molar-refractivity contribution is 0.111. The second-order valence-electron chi connectivity index (χ2n) is 5.05. The van der Waals surface area contributed by atoms with E-state index in [0.29, 0.717) is 41.6 Å². The van der Waals surface area contributed by atoms with Crippen LogP contribution in [0.5, 0.6) is 11.5 Å². The lowest BCUT2D eigenvalue weighted by Gasteiger charge is -2.12. The molecule has 0 aliphatic heterocycles. The maximum atomic E-state index is 11.1. The maximum absolute atomic E-state index is 11.1. The average molecular weight is 289 g/mol. The summed E-state index contributed by atoms with van der Waals surface area (Å²) < 4.78 is 12.7. The van der Waals surface area contributed by atoms with Crippen LogP contribution < -0.4 is 9.47 Å². The molecule has 2 rings (SSSR count). The molecule has 0 saturated carbocycles. The Bertz CT molecular complexity index is 608. The summed E-state index contributed by atoms with van der Waals surface area (Å²) in [5, 5.41) is 7.88. The highest BCUT2D eigenvalue weighted by Gasteiger charge is 2.15. The summed E-state index contributed by atoms with van der Waals surface area (Å²) in [6, 6.07) is 7.37. The van der Waals surface area contributed by atoms with E-state index < -0.39 is 0 Å². The number of carbonyl (C=O) groups is 1. The van der Waals surface area contributed by atoms with E-state index in [1.165, 1.54) is 0 Å². The largest absolute Gasteiger partial charge is 0.493 e. The topological polar surface area (TPSA) is 66.2 Å². The van der Waals surface area contributed by atoms with Gasteiger partial charge in [0.2, 0.25) is 0 Å². The molecule has 0 aliphatic rings. The summed E-state index contributed by atoms with van der Waals surface area (Å²) in [4.78, 5) is 11.1. The van der Waals surface area contributed by atoms with Crippen molar-refractivity contribution in [3.63, 3.8) is 0 Å². The highest BCUT2D eigenvalue weighted by Crippen LogP contribution is 2.26. The molecule has 0 saturated heterocycles. The highest BCUT2D eigenvalue weighted by molar-refractivity contribution is 5.73. The molecule has 0 amide bonds. The predicted octanol–water partition coefficient (Wildman–Crippen LogP) is 2.33. The number of benzene rings is 1. The van der Waals surface area contributed by atoms with Crippen LogP contribution >= 0.6 is 0 Å². The van der Waals surface area contributed by atoms with E-state index in [1.54, 1.807) is 11.8 Å². The van der Waals surface area contributed by atoms with Crippen molar-refractivity contribution in [3.05, 3.63) is 35.7 Å². The van der Waals surface area contributed by atoms with Crippen molar-refractivity contribution in [2.45, 2.75) is 27.0 Å². The van der Waals surface area contributed by atoms with Gasteiger partial charge in [-0.25, -0.2) is 4.68 Å². The predicted molar refractivity (Wildman–Crippen MR) is 77.6 cm³/mol. The van der Waals surface area contributed by atoms with Gasteiger partial charge in [-0.3, -0.25) is 4.79 Å². The van der Waals surface area contributed by atoms with E-state index in [0.717, 1.165) is 0 Å². The third kappa shape index (κ3) is 3.59. The number of hydrogen-bond donors (Lipinski definition) is 0. The Morgan fingerprint density at radius 3 is 2.62 bits per heavy atom. The number of carbonyl (C=O) groups excluding carboxylic acids is 1. The van der Waals surface area contributed by atoms with Gasteiger partial charge in [0.25, 0.3) is 0 Å². The van der Waals surface area contributed by atoms with Crippen LogP contribution in [0, 0.1) is 5.92 Å². The molecule has 1 aromatic carbocycles. The van der Waals surface area contributed by atoms with Crippen LogP contribution in [0.15, 0.2) is 24.3 Å². The van der Waals surface area contributed by atoms with Crippen molar-refractivity contribution in [3.8, 4) is 11.5 Å². The molecule has 0 fully saturated rings. The van der Waals surface area contributed by atoms with Crippen LogP contribution in [0.3, 0.4) is 0 Å². The number of rotatable bonds is 7. The molecule has 1 heterocycles. The molecule has 0 spiro atoms. The van der Waals surface area contributed by atoms with E-state index in [9.17, 15) is 4.79 Å². The highest BCUT2D eigenvalue weighted by atomic mass is 16.5. The van der Waals surface area contributed by atoms with Crippen LogP contribution in [0.25, 0.3) is 0 Å². The SMILES string of the molecule is COc1ccccc1OCc1c(C=O)nnn1CC(C)C. The maximum Gasteiger partial charge on any atom is 0.172 e. The minimum absolute atomic E-state index is 0.216. The number of nitrogens with zero attached hydrogens (tertiary/aromatic N) is 3. The normalized spacial score (nSPS) is 10.7. The summed E-state index contributed by atoms with van der Waals surface area (Å²) in [5.74, 6) is 1.67. The van der Waals surface area contributed by atoms with Gasteiger partial charge in [-0.05, 0) is 18.1 Å². The first-order valence-corrected chi connectivity index (χ1v) is 6.79. The smallest absolute Gasteiger partial charge is 0.172 e. The third-order valence-electron chi connectivity index (χ3n) is 2.95. The van der Waals surface area contributed by atoms with Crippen LogP contribution in [-0.4, -0.2) is 28.4 Å². The van der Waals surface area contributed by atoms with E-state index >= 15 is 0 Å². The molecule has 112 valence electrons. The van der Waals surface area contributed by atoms with Gasteiger partial charge in [0, 0.05) is 6.54 Å². The molecule has 6 nitrogen and oxygen atoms in total. The van der Waals surface area contributed by atoms with Crippen molar-refractivity contribution in [2.24, 2.45) is 5.92 Å². The van der Waals surface area contributed by atoms with Crippen molar-refractivity contribution in [1.29, 1.82) is 0 Å². The number of aromatic nitrogens is 3. The molecule has 0 aliphatic carbocycles. The zero-order valence-corrected chi connectivity index (χ0v) is 12.4. The number of para-hydroxylation sites is 2. The van der Waals surface area contributed by atoms with Gasteiger partial charge < -0.3 is 9.47 Å². The van der Waals surface area contributed by atoms with Crippen molar-refractivity contribution >= 4 is 6.29 Å². The van der Waals surface area contributed by atoms with E-state index in [-0.39, 0.29) is 6.61 Å². The second-order valence-corrected chi connectivity index (χ2v) is 5.05. The molecule has 0 N–H and O–H groups in total. The Balaban J connectivity index is 2.18. The van der Waals surface area contributed by atoms with Gasteiger partial charge >= 0.3 is 0 Å². The minimum Gasteiger partial charge on any atom is -0.493 e. The quantitative estimate of drug-likeness (QED) is 0.732. The van der Waals surface area contributed by atoms with Crippen molar-refractivity contribution in [1.82, 2.24) is 15.0 Å². The molecule has 1 aromatic heterocycles. The van der Waals surface area contributed by atoms with E-state index in [2.05, 4.69) is 24.2 Å². The lowest BCUT2D eigenvalue weighted by Crippen LogP contribution is -2.13. The molecule has 0 bridgehead atoms. The molecule has 0 atom stereocenters. The number of hydrogen-bond acceptors (Lipinski definition) is 5. The van der Waals surface area contributed by atoms with E-state index in [4.69, 9.17) is 9.47 Å². The summed E-state index contributed by atoms with van der Waals surface area (Å²) in [6.07, 6.45) is 0.699. The summed E-state index contributed by atoms with van der Waals surface area (Å²) in [6.45, 7) is 5.06. The standard InChI is InChI=1S/C15H19N3O3/c1-11(2)8-18-13(12(9-19)16-17-18)10-21-15-7-5-4-6-14(15)20-3/h4-7,9,11H,8,10H2,1-3H3.